The summed E-state index contributed by atoms with van der Waals surface area (Å²) in [4.78, 5) is 6.46. The van der Waals surface area contributed by atoms with Gasteiger partial charge in [-0.2, -0.15) is 0 Å². The van der Waals surface area contributed by atoms with E-state index in [-0.39, 0.29) is 5.84 Å². The summed E-state index contributed by atoms with van der Waals surface area (Å²) < 4.78 is 0. The first kappa shape index (κ1) is 12.5. The molecule has 0 radical (unpaired) electrons. The Balaban J connectivity index is 2.95. The third-order valence-corrected chi connectivity index (χ3v) is 2.95. The van der Waals surface area contributed by atoms with Crippen LogP contribution < -0.4 is 10.6 Å². The van der Waals surface area contributed by atoms with E-state index >= 15 is 0 Å². The average Bonchev–Trinajstić information content (AvgIpc) is 2.27. The fraction of sp³-hybridized carbons (Fsp3) is 0.500. The Morgan fingerprint density at radius 3 is 2.50 bits per heavy atom. The highest BCUT2D eigenvalue weighted by molar-refractivity contribution is 5.93. The Labute approximate surface area is 97.0 Å². The molecule has 0 aliphatic rings. The molecular formula is C12H20N4. The van der Waals surface area contributed by atoms with Crippen LogP contribution in [0.25, 0.3) is 0 Å². The molecule has 16 heavy (non-hydrogen) atoms. The molecule has 1 aromatic rings. The molecular weight excluding hydrogens is 200 g/mol. The van der Waals surface area contributed by atoms with Crippen molar-refractivity contribution in [3.8, 4) is 0 Å². The molecule has 0 amide bonds. The lowest BCUT2D eigenvalue weighted by atomic mass is 10.1. The van der Waals surface area contributed by atoms with Crippen LogP contribution in [0.5, 0.6) is 0 Å². The quantitative estimate of drug-likeness (QED) is 0.601. The molecule has 1 heterocycles. The lowest BCUT2D eigenvalue weighted by molar-refractivity contribution is 0.502. The Hall–Kier alpha value is -1.58. The number of aromatic nitrogens is 1. The molecule has 0 aromatic carbocycles. The summed E-state index contributed by atoms with van der Waals surface area (Å²) in [6.07, 6.45) is 0. The number of hydrogen-bond donors (Lipinski definition) is 2. The van der Waals surface area contributed by atoms with Gasteiger partial charge in [0.25, 0.3) is 0 Å². The van der Waals surface area contributed by atoms with Gasteiger partial charge in [0.1, 0.15) is 17.3 Å². The Bertz CT molecular complexity index is 373. The highest BCUT2D eigenvalue weighted by atomic mass is 15.2. The zero-order valence-corrected chi connectivity index (χ0v) is 10.4. The van der Waals surface area contributed by atoms with E-state index in [0.29, 0.717) is 17.7 Å². The maximum atomic E-state index is 7.36. The third-order valence-electron chi connectivity index (χ3n) is 2.95. The van der Waals surface area contributed by atoms with E-state index in [4.69, 9.17) is 11.1 Å². The monoisotopic (exact) mass is 220 g/mol. The molecule has 1 unspecified atom stereocenters. The van der Waals surface area contributed by atoms with Crippen LogP contribution in [0.4, 0.5) is 5.82 Å². The molecule has 4 heteroatoms. The van der Waals surface area contributed by atoms with Crippen LogP contribution in [-0.4, -0.2) is 23.9 Å². The van der Waals surface area contributed by atoms with Crippen LogP contribution in [0.3, 0.4) is 0 Å². The van der Waals surface area contributed by atoms with Crippen molar-refractivity contribution in [3.05, 3.63) is 23.9 Å². The molecule has 3 N–H and O–H groups in total. The van der Waals surface area contributed by atoms with E-state index in [1.807, 2.05) is 19.2 Å². The van der Waals surface area contributed by atoms with E-state index < -0.39 is 0 Å². The van der Waals surface area contributed by atoms with Crippen molar-refractivity contribution >= 4 is 11.7 Å². The smallest absolute Gasteiger partial charge is 0.141 e. The van der Waals surface area contributed by atoms with Gasteiger partial charge in [-0.3, -0.25) is 5.41 Å². The average molecular weight is 220 g/mol. The molecule has 0 saturated carbocycles. The zero-order valence-electron chi connectivity index (χ0n) is 10.4. The second-order valence-electron chi connectivity index (χ2n) is 4.39. The van der Waals surface area contributed by atoms with Gasteiger partial charge in [0.2, 0.25) is 0 Å². The molecule has 4 nitrogen and oxygen atoms in total. The van der Waals surface area contributed by atoms with Gasteiger partial charge in [-0.15, -0.1) is 0 Å². The molecule has 0 fully saturated rings. The SMILES string of the molecule is CC(C)C(C)N(C)c1cccc(C(=N)N)n1. The van der Waals surface area contributed by atoms with Crippen LogP contribution in [-0.2, 0) is 0 Å². The number of nitrogens with one attached hydrogen (secondary N) is 1. The van der Waals surface area contributed by atoms with Crippen molar-refractivity contribution in [3.63, 3.8) is 0 Å². The number of nitrogen functional groups attached to an aromatic ring is 1. The topological polar surface area (TPSA) is 66.0 Å². The number of hydrogen-bond acceptors (Lipinski definition) is 3. The molecule has 1 atom stereocenters. The van der Waals surface area contributed by atoms with Gasteiger partial charge < -0.3 is 10.6 Å². The van der Waals surface area contributed by atoms with E-state index in [1.165, 1.54) is 0 Å². The van der Waals surface area contributed by atoms with Crippen LogP contribution in [0.15, 0.2) is 18.2 Å². The molecule has 0 saturated heterocycles. The second-order valence-corrected chi connectivity index (χ2v) is 4.39. The van der Waals surface area contributed by atoms with Crippen molar-refractivity contribution in [1.82, 2.24) is 4.98 Å². The number of anilines is 1. The lowest BCUT2D eigenvalue weighted by Gasteiger charge is -2.29. The number of amidine groups is 1. The molecule has 88 valence electrons. The van der Waals surface area contributed by atoms with Gasteiger partial charge >= 0.3 is 0 Å². The first-order valence-electron chi connectivity index (χ1n) is 5.47. The predicted molar refractivity (Wildman–Crippen MR) is 68.0 cm³/mol. The summed E-state index contributed by atoms with van der Waals surface area (Å²) in [5.41, 5.74) is 5.95. The summed E-state index contributed by atoms with van der Waals surface area (Å²) in [6.45, 7) is 6.51. The van der Waals surface area contributed by atoms with Crippen molar-refractivity contribution in [2.75, 3.05) is 11.9 Å². The normalized spacial score (nSPS) is 12.6. The van der Waals surface area contributed by atoms with Gasteiger partial charge in [0.15, 0.2) is 0 Å². The predicted octanol–water partition coefficient (Wildman–Crippen LogP) is 1.85. The van der Waals surface area contributed by atoms with Crippen LogP contribution >= 0.6 is 0 Å². The van der Waals surface area contributed by atoms with Gasteiger partial charge in [-0.25, -0.2) is 4.98 Å². The molecule has 0 spiro atoms. The number of nitrogens with zero attached hydrogens (tertiary/aromatic N) is 2. The summed E-state index contributed by atoms with van der Waals surface area (Å²) in [5.74, 6) is 1.41. The van der Waals surface area contributed by atoms with Crippen molar-refractivity contribution in [1.29, 1.82) is 5.41 Å². The minimum atomic E-state index is 0.00690. The molecule has 1 aromatic heterocycles. The minimum Gasteiger partial charge on any atom is -0.382 e. The van der Waals surface area contributed by atoms with Crippen LogP contribution in [0, 0.1) is 11.3 Å². The summed E-state index contributed by atoms with van der Waals surface area (Å²) in [5, 5.41) is 7.36. The zero-order chi connectivity index (χ0) is 12.3. The minimum absolute atomic E-state index is 0.00690. The Morgan fingerprint density at radius 1 is 1.38 bits per heavy atom. The first-order chi connectivity index (χ1) is 7.43. The van der Waals surface area contributed by atoms with Crippen molar-refractivity contribution in [2.24, 2.45) is 11.7 Å². The molecule has 0 aliphatic heterocycles. The lowest BCUT2D eigenvalue weighted by Crippen LogP contribution is -2.34. The van der Waals surface area contributed by atoms with Gasteiger partial charge in [-0.1, -0.05) is 19.9 Å². The van der Waals surface area contributed by atoms with Gasteiger partial charge in [0, 0.05) is 13.1 Å². The first-order valence-corrected chi connectivity index (χ1v) is 5.47. The standard InChI is InChI=1S/C12H20N4/c1-8(2)9(3)16(4)11-7-5-6-10(15-11)12(13)14/h5-9H,1-4H3,(H3,13,14). The van der Waals surface area contributed by atoms with Crippen LogP contribution in [0.1, 0.15) is 26.5 Å². The van der Waals surface area contributed by atoms with E-state index in [2.05, 4.69) is 30.7 Å². The molecule has 1 rings (SSSR count). The Kier molecular flexibility index (Phi) is 3.88. The van der Waals surface area contributed by atoms with Gasteiger partial charge in [-0.05, 0) is 25.0 Å². The summed E-state index contributed by atoms with van der Waals surface area (Å²) >= 11 is 0. The highest BCUT2D eigenvalue weighted by Crippen LogP contribution is 2.16. The van der Waals surface area contributed by atoms with Crippen molar-refractivity contribution in [2.45, 2.75) is 26.8 Å². The molecule has 0 aliphatic carbocycles. The number of rotatable bonds is 4. The van der Waals surface area contributed by atoms with E-state index in [0.717, 1.165) is 5.82 Å². The Morgan fingerprint density at radius 2 is 2.00 bits per heavy atom. The molecule has 0 bridgehead atoms. The van der Waals surface area contributed by atoms with E-state index in [1.54, 1.807) is 6.07 Å². The largest absolute Gasteiger partial charge is 0.382 e. The van der Waals surface area contributed by atoms with Crippen molar-refractivity contribution < 1.29 is 0 Å². The number of nitrogens with two attached hydrogens (primary N) is 1. The summed E-state index contributed by atoms with van der Waals surface area (Å²) in [6, 6.07) is 5.96. The summed E-state index contributed by atoms with van der Waals surface area (Å²) in [7, 11) is 2.01. The number of pyridine rings is 1. The van der Waals surface area contributed by atoms with Crippen LogP contribution in [0.2, 0.25) is 0 Å². The third kappa shape index (κ3) is 2.72. The highest BCUT2D eigenvalue weighted by Gasteiger charge is 2.15. The fourth-order valence-corrected chi connectivity index (χ4v) is 1.43. The second kappa shape index (κ2) is 4.96. The maximum absolute atomic E-state index is 7.36. The fourth-order valence-electron chi connectivity index (χ4n) is 1.43. The van der Waals surface area contributed by atoms with E-state index in [9.17, 15) is 0 Å². The maximum Gasteiger partial charge on any atom is 0.141 e. The van der Waals surface area contributed by atoms with Gasteiger partial charge in [0.05, 0.1) is 0 Å².